The Hall–Kier alpha value is -1.99. The molecule has 0 aromatic heterocycles. The van der Waals surface area contributed by atoms with Crippen LogP contribution < -0.4 is 10.2 Å². The number of carbonyl (C=O) groups excluding carboxylic acids is 2. The first kappa shape index (κ1) is 19.8. The average Bonchev–Trinajstić information content (AvgIpc) is 2.60. The zero-order valence-corrected chi connectivity index (χ0v) is 16.7. The van der Waals surface area contributed by atoms with Gasteiger partial charge in [-0.1, -0.05) is 11.6 Å². The van der Waals surface area contributed by atoms with Crippen molar-refractivity contribution in [3.05, 3.63) is 28.8 Å². The number of amides is 2. The number of nitrogens with zero attached hydrogens (tertiary/aromatic N) is 2. The van der Waals surface area contributed by atoms with Crippen LogP contribution in [0.25, 0.3) is 0 Å². The largest absolute Gasteiger partial charge is 0.444 e. The number of carbonyl (C=O) groups is 2. The van der Waals surface area contributed by atoms with E-state index in [-0.39, 0.29) is 24.6 Å². The van der Waals surface area contributed by atoms with Crippen LogP contribution in [0.2, 0.25) is 5.02 Å². The van der Waals surface area contributed by atoms with E-state index in [0.717, 1.165) is 11.3 Å². The van der Waals surface area contributed by atoms with Gasteiger partial charge in [-0.05, 0) is 44.5 Å². The zero-order chi connectivity index (χ0) is 19.6. The number of piperazine rings is 1. The standard InChI is InChI=1S/C19H26ClN3O4/c1-19(2,3)27-18(25)23-6-7-26-12-16(23)13-8-14(20)10-15(9-13)22-5-4-21-17(24)11-22/h8-10,16H,4-7,11-12H2,1-3H3,(H,21,24)/t16-/m0/s1. The van der Waals surface area contributed by atoms with E-state index in [4.69, 9.17) is 21.1 Å². The summed E-state index contributed by atoms with van der Waals surface area (Å²) < 4.78 is 11.2. The van der Waals surface area contributed by atoms with Gasteiger partial charge in [-0.2, -0.15) is 0 Å². The lowest BCUT2D eigenvalue weighted by atomic mass is 10.0. The molecule has 2 fully saturated rings. The molecule has 1 atom stereocenters. The van der Waals surface area contributed by atoms with Crippen molar-refractivity contribution in [2.45, 2.75) is 32.4 Å². The van der Waals surface area contributed by atoms with E-state index in [0.29, 0.717) is 37.9 Å². The van der Waals surface area contributed by atoms with Crippen LogP contribution in [0, 0.1) is 0 Å². The number of nitrogens with one attached hydrogen (secondary N) is 1. The molecular formula is C19H26ClN3O4. The van der Waals surface area contributed by atoms with Crippen molar-refractivity contribution in [2.75, 3.05) is 44.3 Å². The van der Waals surface area contributed by atoms with Crippen molar-refractivity contribution in [2.24, 2.45) is 0 Å². The maximum atomic E-state index is 12.7. The van der Waals surface area contributed by atoms with Gasteiger partial charge in [0.2, 0.25) is 5.91 Å². The molecular weight excluding hydrogens is 370 g/mol. The molecule has 2 heterocycles. The third-order valence-electron chi connectivity index (χ3n) is 4.45. The normalized spacial score (nSPS) is 21.0. The molecule has 148 valence electrons. The van der Waals surface area contributed by atoms with Gasteiger partial charge in [0.1, 0.15) is 5.60 Å². The van der Waals surface area contributed by atoms with Gasteiger partial charge >= 0.3 is 6.09 Å². The molecule has 2 aliphatic rings. The molecule has 2 saturated heterocycles. The number of morpholine rings is 1. The number of ether oxygens (including phenoxy) is 2. The lowest BCUT2D eigenvalue weighted by Crippen LogP contribution is -2.48. The van der Waals surface area contributed by atoms with E-state index in [2.05, 4.69) is 5.32 Å². The topological polar surface area (TPSA) is 71.1 Å². The smallest absolute Gasteiger partial charge is 0.410 e. The van der Waals surface area contributed by atoms with E-state index in [9.17, 15) is 9.59 Å². The first-order valence-corrected chi connectivity index (χ1v) is 9.50. The number of rotatable bonds is 2. The van der Waals surface area contributed by atoms with Crippen LogP contribution in [0.1, 0.15) is 32.4 Å². The van der Waals surface area contributed by atoms with Gasteiger partial charge in [0.05, 0.1) is 25.8 Å². The fourth-order valence-corrected chi connectivity index (χ4v) is 3.49. The zero-order valence-electron chi connectivity index (χ0n) is 16.0. The molecule has 0 aliphatic carbocycles. The monoisotopic (exact) mass is 395 g/mol. The fraction of sp³-hybridized carbons (Fsp3) is 0.579. The highest BCUT2D eigenvalue weighted by Gasteiger charge is 2.32. The van der Waals surface area contributed by atoms with Gasteiger partial charge in [0.25, 0.3) is 0 Å². The van der Waals surface area contributed by atoms with E-state index in [1.54, 1.807) is 4.90 Å². The summed E-state index contributed by atoms with van der Waals surface area (Å²) in [5.41, 5.74) is 1.16. The predicted octanol–water partition coefficient (Wildman–Crippen LogP) is 2.58. The Morgan fingerprint density at radius 1 is 1.30 bits per heavy atom. The molecule has 0 unspecified atom stereocenters. The molecule has 2 amide bonds. The Labute approximate surface area is 164 Å². The second-order valence-electron chi connectivity index (χ2n) is 7.78. The summed E-state index contributed by atoms with van der Waals surface area (Å²) in [7, 11) is 0. The van der Waals surface area contributed by atoms with Gasteiger partial charge in [0.15, 0.2) is 0 Å². The molecule has 7 nitrogen and oxygen atoms in total. The van der Waals surface area contributed by atoms with Gasteiger partial charge in [0, 0.05) is 30.3 Å². The Balaban J connectivity index is 1.86. The third-order valence-corrected chi connectivity index (χ3v) is 4.67. The molecule has 0 saturated carbocycles. The number of hydrogen-bond acceptors (Lipinski definition) is 5. The fourth-order valence-electron chi connectivity index (χ4n) is 3.25. The van der Waals surface area contributed by atoms with Crippen molar-refractivity contribution >= 4 is 29.3 Å². The van der Waals surface area contributed by atoms with E-state index in [1.807, 2.05) is 43.9 Å². The second-order valence-corrected chi connectivity index (χ2v) is 8.22. The number of halogens is 1. The van der Waals surface area contributed by atoms with Crippen LogP contribution >= 0.6 is 11.6 Å². The minimum atomic E-state index is -0.569. The van der Waals surface area contributed by atoms with Crippen LogP contribution in [0.5, 0.6) is 0 Å². The second kappa shape index (κ2) is 7.94. The molecule has 2 aliphatic heterocycles. The summed E-state index contributed by atoms with van der Waals surface area (Å²) >= 11 is 6.36. The lowest BCUT2D eigenvalue weighted by Gasteiger charge is -2.37. The quantitative estimate of drug-likeness (QED) is 0.833. The van der Waals surface area contributed by atoms with Gasteiger partial charge in [-0.15, -0.1) is 0 Å². The summed E-state index contributed by atoms with van der Waals surface area (Å²) in [5.74, 6) is -0.0147. The number of anilines is 1. The maximum Gasteiger partial charge on any atom is 0.410 e. The van der Waals surface area contributed by atoms with Crippen LogP contribution in [0.15, 0.2) is 18.2 Å². The molecule has 27 heavy (non-hydrogen) atoms. The highest BCUT2D eigenvalue weighted by Crippen LogP contribution is 2.32. The summed E-state index contributed by atoms with van der Waals surface area (Å²) in [6, 6.07) is 5.36. The summed E-state index contributed by atoms with van der Waals surface area (Å²) in [4.78, 5) is 28.1. The van der Waals surface area contributed by atoms with Crippen molar-refractivity contribution in [3.63, 3.8) is 0 Å². The molecule has 3 rings (SSSR count). The van der Waals surface area contributed by atoms with Crippen molar-refractivity contribution < 1.29 is 19.1 Å². The van der Waals surface area contributed by atoms with Crippen LogP contribution in [-0.4, -0.2) is 61.9 Å². The van der Waals surface area contributed by atoms with Crippen LogP contribution in [0.4, 0.5) is 10.5 Å². The van der Waals surface area contributed by atoms with Gasteiger partial charge in [-0.3, -0.25) is 9.69 Å². The van der Waals surface area contributed by atoms with E-state index < -0.39 is 5.60 Å². The van der Waals surface area contributed by atoms with Gasteiger partial charge in [-0.25, -0.2) is 4.79 Å². The van der Waals surface area contributed by atoms with E-state index in [1.165, 1.54) is 0 Å². The number of hydrogen-bond donors (Lipinski definition) is 1. The molecule has 1 aromatic rings. The van der Waals surface area contributed by atoms with Crippen molar-refractivity contribution in [1.82, 2.24) is 10.2 Å². The first-order chi connectivity index (χ1) is 12.7. The summed E-state index contributed by atoms with van der Waals surface area (Å²) in [6.07, 6.45) is -0.366. The molecule has 8 heteroatoms. The minimum absolute atomic E-state index is 0.0147. The predicted molar refractivity (Wildman–Crippen MR) is 103 cm³/mol. The van der Waals surface area contributed by atoms with Crippen molar-refractivity contribution in [1.29, 1.82) is 0 Å². The SMILES string of the molecule is CC(C)(C)OC(=O)N1CCOC[C@H]1c1cc(Cl)cc(N2CCNC(=O)C2)c1. The lowest BCUT2D eigenvalue weighted by molar-refractivity contribution is -0.120. The Kier molecular flexibility index (Phi) is 5.81. The Bertz CT molecular complexity index is 719. The summed E-state index contributed by atoms with van der Waals surface area (Å²) in [6.45, 7) is 8.43. The average molecular weight is 396 g/mol. The number of benzene rings is 1. The van der Waals surface area contributed by atoms with Gasteiger partial charge < -0.3 is 19.7 Å². The highest BCUT2D eigenvalue weighted by molar-refractivity contribution is 6.31. The third kappa shape index (κ3) is 5.05. The van der Waals surface area contributed by atoms with Crippen LogP contribution in [0.3, 0.4) is 0 Å². The highest BCUT2D eigenvalue weighted by atomic mass is 35.5. The molecule has 0 bridgehead atoms. The first-order valence-electron chi connectivity index (χ1n) is 9.12. The Morgan fingerprint density at radius 2 is 2.07 bits per heavy atom. The summed E-state index contributed by atoms with van der Waals surface area (Å²) in [5, 5.41) is 3.37. The molecule has 0 spiro atoms. The molecule has 1 aromatic carbocycles. The van der Waals surface area contributed by atoms with E-state index >= 15 is 0 Å². The Morgan fingerprint density at radius 3 is 2.78 bits per heavy atom. The maximum absolute atomic E-state index is 12.7. The molecule has 1 N–H and O–H groups in total. The molecule has 0 radical (unpaired) electrons. The van der Waals surface area contributed by atoms with Crippen molar-refractivity contribution in [3.8, 4) is 0 Å². The minimum Gasteiger partial charge on any atom is -0.444 e. The van der Waals surface area contributed by atoms with Crippen LogP contribution in [-0.2, 0) is 14.3 Å².